The molecule has 0 saturated carbocycles. The molecule has 2 N–H and O–H groups in total. The van der Waals surface area contributed by atoms with E-state index >= 15 is 0 Å². The molecule has 1 aromatic rings. The van der Waals surface area contributed by atoms with Gasteiger partial charge in [-0.05, 0) is 31.2 Å². The van der Waals surface area contributed by atoms with Crippen LogP contribution < -0.4 is 10.9 Å². The Balaban J connectivity index is 1.56. The lowest BCUT2D eigenvalue weighted by Gasteiger charge is -2.17. The number of hydrogen-bond acceptors (Lipinski definition) is 4. The number of nitrogens with zero attached hydrogens (tertiary/aromatic N) is 1. The maximum Gasteiger partial charge on any atom is 0.264 e. The number of carbonyl (C=O) groups is 1. The molecule has 2 saturated heterocycles. The molecule has 2 aliphatic rings. The van der Waals surface area contributed by atoms with Crippen LogP contribution in [-0.2, 0) is 9.53 Å². The van der Waals surface area contributed by atoms with E-state index in [2.05, 4.69) is 15.5 Å². The van der Waals surface area contributed by atoms with E-state index in [4.69, 9.17) is 4.74 Å². The Labute approximate surface area is 104 Å². The minimum Gasteiger partial charge on any atom is -0.375 e. The topological polar surface area (TPSA) is 84.1 Å². The van der Waals surface area contributed by atoms with Crippen LogP contribution >= 0.6 is 0 Å². The first-order valence-electron chi connectivity index (χ1n) is 6.22. The van der Waals surface area contributed by atoms with Gasteiger partial charge in [-0.2, -0.15) is 5.10 Å². The number of anilines is 1. The quantitative estimate of drug-likeness (QED) is 0.824. The van der Waals surface area contributed by atoms with E-state index in [9.17, 15) is 9.59 Å². The smallest absolute Gasteiger partial charge is 0.264 e. The number of rotatable bonds is 3. The molecule has 3 unspecified atom stereocenters. The summed E-state index contributed by atoms with van der Waals surface area (Å²) < 4.78 is 5.71. The summed E-state index contributed by atoms with van der Waals surface area (Å²) in [5.41, 5.74) is -0.283. The molecule has 0 spiro atoms. The summed E-state index contributed by atoms with van der Waals surface area (Å²) in [5, 5.41) is 8.70. The van der Waals surface area contributed by atoms with Crippen molar-refractivity contribution >= 4 is 11.7 Å². The summed E-state index contributed by atoms with van der Waals surface area (Å²) in [6.45, 7) is 0. The van der Waals surface area contributed by atoms with Crippen LogP contribution in [0.3, 0.4) is 0 Å². The summed E-state index contributed by atoms with van der Waals surface area (Å²) in [6.07, 6.45) is 4.26. The summed E-state index contributed by atoms with van der Waals surface area (Å²) in [7, 11) is 0. The van der Waals surface area contributed by atoms with Crippen molar-refractivity contribution in [1.82, 2.24) is 10.2 Å². The van der Waals surface area contributed by atoms with Crippen molar-refractivity contribution in [2.45, 2.75) is 37.9 Å². The predicted molar refractivity (Wildman–Crippen MR) is 64.1 cm³/mol. The second kappa shape index (κ2) is 4.53. The summed E-state index contributed by atoms with van der Waals surface area (Å²) in [5.74, 6) is 0.630. The first-order valence-corrected chi connectivity index (χ1v) is 6.22. The van der Waals surface area contributed by atoms with Gasteiger partial charge in [0, 0.05) is 12.5 Å². The van der Waals surface area contributed by atoms with Gasteiger partial charge in [-0.25, -0.2) is 5.10 Å². The zero-order valence-electron chi connectivity index (χ0n) is 9.89. The van der Waals surface area contributed by atoms with Gasteiger partial charge in [0.25, 0.3) is 5.56 Å². The van der Waals surface area contributed by atoms with Crippen molar-refractivity contribution in [3.05, 3.63) is 22.5 Å². The number of amides is 1. The fourth-order valence-electron chi connectivity index (χ4n) is 2.80. The zero-order valence-corrected chi connectivity index (χ0v) is 9.89. The Morgan fingerprint density at radius 3 is 3.00 bits per heavy atom. The van der Waals surface area contributed by atoms with Gasteiger partial charge >= 0.3 is 0 Å². The minimum atomic E-state index is -0.283. The van der Waals surface area contributed by atoms with Crippen molar-refractivity contribution in [2.24, 2.45) is 5.92 Å². The van der Waals surface area contributed by atoms with Gasteiger partial charge in [0.05, 0.1) is 12.2 Å². The average molecular weight is 249 g/mol. The van der Waals surface area contributed by atoms with E-state index in [1.165, 1.54) is 12.1 Å². The summed E-state index contributed by atoms with van der Waals surface area (Å²) in [6, 6.07) is 2.83. The van der Waals surface area contributed by atoms with Crippen molar-refractivity contribution in [1.29, 1.82) is 0 Å². The van der Waals surface area contributed by atoms with Crippen LogP contribution in [0.5, 0.6) is 0 Å². The van der Waals surface area contributed by atoms with Gasteiger partial charge in [-0.15, -0.1) is 0 Å². The molecule has 2 bridgehead atoms. The van der Waals surface area contributed by atoms with E-state index in [0.29, 0.717) is 24.3 Å². The Morgan fingerprint density at radius 2 is 2.39 bits per heavy atom. The Kier molecular flexibility index (Phi) is 2.87. The highest BCUT2D eigenvalue weighted by atomic mass is 16.5. The highest BCUT2D eigenvalue weighted by molar-refractivity contribution is 5.89. The van der Waals surface area contributed by atoms with Crippen LogP contribution in [0.4, 0.5) is 5.82 Å². The molecule has 0 radical (unpaired) electrons. The van der Waals surface area contributed by atoms with Crippen LogP contribution in [-0.4, -0.2) is 28.3 Å². The predicted octanol–water partition coefficient (Wildman–Crippen LogP) is 0.666. The molecular formula is C12H15N3O3. The summed E-state index contributed by atoms with van der Waals surface area (Å²) in [4.78, 5) is 22.7. The SMILES string of the molecule is O=C(CC1CC2CCC1O2)Nc1ccc(=O)[nH]n1. The molecule has 96 valence electrons. The Bertz CT molecular complexity index is 493. The van der Waals surface area contributed by atoms with Gasteiger partial charge in [0.2, 0.25) is 5.91 Å². The fourth-order valence-corrected chi connectivity index (χ4v) is 2.80. The number of fused-ring (bicyclic) bond motifs is 2. The van der Waals surface area contributed by atoms with Gasteiger partial charge in [0.1, 0.15) is 0 Å². The zero-order chi connectivity index (χ0) is 12.5. The molecule has 3 rings (SSSR count). The molecule has 0 aromatic carbocycles. The number of H-pyrrole nitrogens is 1. The number of nitrogens with one attached hydrogen (secondary N) is 2. The number of carbonyl (C=O) groups excluding carboxylic acids is 1. The van der Waals surface area contributed by atoms with Crippen LogP contribution in [0.15, 0.2) is 16.9 Å². The van der Waals surface area contributed by atoms with Crippen molar-refractivity contribution in [2.75, 3.05) is 5.32 Å². The number of aromatic amines is 1. The summed E-state index contributed by atoms with van der Waals surface area (Å²) >= 11 is 0. The molecule has 2 aliphatic heterocycles. The third-order valence-electron chi connectivity index (χ3n) is 3.63. The second-order valence-electron chi connectivity index (χ2n) is 4.93. The molecule has 1 aromatic heterocycles. The maximum absolute atomic E-state index is 11.8. The largest absolute Gasteiger partial charge is 0.375 e. The normalized spacial score (nSPS) is 29.4. The molecule has 18 heavy (non-hydrogen) atoms. The minimum absolute atomic E-state index is 0.0734. The van der Waals surface area contributed by atoms with Crippen LogP contribution in [0.2, 0.25) is 0 Å². The van der Waals surface area contributed by atoms with Crippen LogP contribution in [0.1, 0.15) is 25.7 Å². The second-order valence-corrected chi connectivity index (χ2v) is 4.93. The maximum atomic E-state index is 11.8. The lowest BCUT2D eigenvalue weighted by atomic mass is 9.87. The lowest BCUT2D eigenvalue weighted by molar-refractivity contribution is -0.117. The third kappa shape index (κ3) is 2.28. The number of ether oxygens (including phenoxy) is 1. The highest BCUT2D eigenvalue weighted by Crippen LogP contribution is 2.40. The molecule has 0 aliphatic carbocycles. The van der Waals surface area contributed by atoms with Crippen molar-refractivity contribution in [3.8, 4) is 0 Å². The van der Waals surface area contributed by atoms with E-state index in [-0.39, 0.29) is 17.6 Å². The standard InChI is InChI=1S/C12H15N3O3/c16-11-4-3-10(14-15-11)13-12(17)6-7-5-8-1-2-9(7)18-8/h3-4,7-9H,1-2,5-6H2,(H,15,16)(H,13,14,17). The molecular weight excluding hydrogens is 234 g/mol. The lowest BCUT2D eigenvalue weighted by Crippen LogP contribution is -2.24. The van der Waals surface area contributed by atoms with Gasteiger partial charge in [-0.3, -0.25) is 9.59 Å². The average Bonchev–Trinajstić information content (AvgIpc) is 2.94. The molecule has 6 heteroatoms. The van der Waals surface area contributed by atoms with E-state index in [0.717, 1.165) is 19.3 Å². The molecule has 3 atom stereocenters. The number of aromatic nitrogens is 2. The first-order chi connectivity index (χ1) is 8.70. The molecule has 1 amide bonds. The van der Waals surface area contributed by atoms with Gasteiger partial charge in [0.15, 0.2) is 5.82 Å². The van der Waals surface area contributed by atoms with Crippen molar-refractivity contribution < 1.29 is 9.53 Å². The monoisotopic (exact) mass is 249 g/mol. The van der Waals surface area contributed by atoms with E-state index < -0.39 is 0 Å². The Hall–Kier alpha value is -1.69. The fraction of sp³-hybridized carbons (Fsp3) is 0.583. The molecule has 3 heterocycles. The highest BCUT2D eigenvalue weighted by Gasteiger charge is 2.41. The van der Waals surface area contributed by atoms with Gasteiger partial charge in [-0.1, -0.05) is 0 Å². The van der Waals surface area contributed by atoms with E-state index in [1.807, 2.05) is 0 Å². The van der Waals surface area contributed by atoms with Crippen LogP contribution in [0.25, 0.3) is 0 Å². The number of hydrogen-bond donors (Lipinski definition) is 2. The van der Waals surface area contributed by atoms with Crippen LogP contribution in [0, 0.1) is 5.92 Å². The van der Waals surface area contributed by atoms with Crippen molar-refractivity contribution in [3.63, 3.8) is 0 Å². The Morgan fingerprint density at radius 1 is 1.50 bits per heavy atom. The third-order valence-corrected chi connectivity index (χ3v) is 3.63. The molecule has 2 fully saturated rings. The van der Waals surface area contributed by atoms with Gasteiger partial charge < -0.3 is 10.1 Å². The van der Waals surface area contributed by atoms with E-state index in [1.54, 1.807) is 0 Å². The molecule has 6 nitrogen and oxygen atoms in total. The first kappa shape index (κ1) is 11.4.